The highest BCUT2D eigenvalue weighted by molar-refractivity contribution is 5.91. The third kappa shape index (κ3) is 4.60. The maximum Gasteiger partial charge on any atom is 0.226 e. The van der Waals surface area contributed by atoms with Crippen molar-refractivity contribution in [3.63, 3.8) is 0 Å². The minimum Gasteiger partial charge on any atom is -0.384 e. The zero-order valence-electron chi connectivity index (χ0n) is 12.2. The molecule has 0 saturated carbocycles. The van der Waals surface area contributed by atoms with Crippen molar-refractivity contribution in [2.75, 3.05) is 17.2 Å². The Morgan fingerprint density at radius 2 is 1.95 bits per heavy atom. The Morgan fingerprint density at radius 3 is 2.67 bits per heavy atom. The first-order chi connectivity index (χ1) is 10.0. The molecule has 4 heteroatoms. The minimum absolute atomic E-state index is 0.0640. The lowest BCUT2D eigenvalue weighted by Crippen LogP contribution is -2.16. The van der Waals surface area contributed by atoms with Crippen LogP contribution < -0.4 is 10.6 Å². The maximum atomic E-state index is 13.0. The Balaban J connectivity index is 1.82. The van der Waals surface area contributed by atoms with Crippen molar-refractivity contribution >= 4 is 17.3 Å². The molecule has 1 amide bonds. The summed E-state index contributed by atoms with van der Waals surface area (Å²) in [6.45, 7) is 4.44. The molecule has 3 nitrogen and oxygen atoms in total. The Hall–Kier alpha value is -2.36. The second kappa shape index (κ2) is 6.88. The lowest BCUT2D eigenvalue weighted by molar-refractivity contribution is -0.115. The molecule has 0 fully saturated rings. The summed E-state index contributed by atoms with van der Waals surface area (Å²) in [6, 6.07) is 12.1. The summed E-state index contributed by atoms with van der Waals surface area (Å²) in [5.41, 5.74) is 3.71. The molecule has 0 aromatic heterocycles. The van der Waals surface area contributed by atoms with E-state index in [4.69, 9.17) is 0 Å². The molecule has 0 bridgehead atoms. The highest BCUT2D eigenvalue weighted by Gasteiger charge is 2.05. The molecule has 0 heterocycles. The van der Waals surface area contributed by atoms with Gasteiger partial charge in [-0.2, -0.15) is 0 Å². The summed E-state index contributed by atoms with van der Waals surface area (Å²) < 4.78 is 13.0. The summed E-state index contributed by atoms with van der Waals surface area (Å²) in [4.78, 5) is 11.9. The molecule has 0 aliphatic heterocycles. The van der Waals surface area contributed by atoms with E-state index in [1.165, 1.54) is 17.7 Å². The van der Waals surface area contributed by atoms with Gasteiger partial charge in [0.25, 0.3) is 0 Å². The number of benzene rings is 2. The van der Waals surface area contributed by atoms with Crippen LogP contribution in [0.25, 0.3) is 0 Å². The molecule has 2 aromatic rings. The molecule has 0 atom stereocenters. The average Bonchev–Trinajstić information content (AvgIpc) is 2.42. The van der Waals surface area contributed by atoms with E-state index in [1.54, 1.807) is 12.1 Å². The number of hydrogen-bond acceptors (Lipinski definition) is 2. The fourth-order valence-electron chi connectivity index (χ4n) is 2.09. The Morgan fingerprint density at radius 1 is 1.14 bits per heavy atom. The van der Waals surface area contributed by atoms with Crippen molar-refractivity contribution in [1.82, 2.24) is 0 Å². The van der Waals surface area contributed by atoms with Crippen molar-refractivity contribution < 1.29 is 9.18 Å². The zero-order chi connectivity index (χ0) is 15.2. The molecule has 2 aromatic carbocycles. The number of rotatable bonds is 5. The molecular weight excluding hydrogens is 267 g/mol. The van der Waals surface area contributed by atoms with E-state index in [0.29, 0.717) is 18.7 Å². The predicted octanol–water partition coefficient (Wildman–Crippen LogP) is 3.88. The third-order valence-corrected chi connectivity index (χ3v) is 3.16. The molecular formula is C17H19FN2O. The summed E-state index contributed by atoms with van der Waals surface area (Å²) in [5.74, 6) is -0.356. The van der Waals surface area contributed by atoms with Crippen LogP contribution >= 0.6 is 0 Å². The lowest BCUT2D eigenvalue weighted by atomic mass is 10.1. The fourth-order valence-corrected chi connectivity index (χ4v) is 2.09. The first-order valence-corrected chi connectivity index (χ1v) is 6.91. The topological polar surface area (TPSA) is 41.1 Å². The van der Waals surface area contributed by atoms with Crippen molar-refractivity contribution in [2.45, 2.75) is 20.3 Å². The first kappa shape index (κ1) is 15.0. The second-order valence-corrected chi connectivity index (χ2v) is 5.05. The quantitative estimate of drug-likeness (QED) is 0.875. The largest absolute Gasteiger partial charge is 0.384 e. The predicted molar refractivity (Wildman–Crippen MR) is 84.1 cm³/mol. The highest BCUT2D eigenvalue weighted by Crippen LogP contribution is 2.16. The number of carbonyl (C=O) groups is 1. The molecule has 110 valence electrons. The van der Waals surface area contributed by atoms with Crippen LogP contribution in [-0.2, 0) is 4.79 Å². The maximum absolute atomic E-state index is 13.0. The van der Waals surface area contributed by atoms with Crippen LogP contribution in [0.4, 0.5) is 15.8 Å². The molecule has 0 aliphatic rings. The zero-order valence-corrected chi connectivity index (χ0v) is 12.2. The standard InChI is InChI=1S/C17H19FN2O/c1-12-6-7-16(13(2)10-12)20-17(21)8-9-19-15-5-3-4-14(18)11-15/h3-7,10-11,19H,8-9H2,1-2H3,(H,20,21). The molecule has 0 radical (unpaired) electrons. The van der Waals surface area contributed by atoms with Gasteiger partial charge >= 0.3 is 0 Å². The van der Waals surface area contributed by atoms with E-state index >= 15 is 0 Å². The summed E-state index contributed by atoms with van der Waals surface area (Å²) in [7, 11) is 0. The van der Waals surface area contributed by atoms with Crippen molar-refractivity contribution in [1.29, 1.82) is 0 Å². The van der Waals surface area contributed by atoms with Crippen LogP contribution in [0.3, 0.4) is 0 Å². The summed E-state index contributed by atoms with van der Waals surface area (Å²) >= 11 is 0. The van der Waals surface area contributed by atoms with Gasteiger partial charge in [-0.15, -0.1) is 0 Å². The summed E-state index contributed by atoms with van der Waals surface area (Å²) in [5, 5.41) is 5.91. The monoisotopic (exact) mass is 286 g/mol. The first-order valence-electron chi connectivity index (χ1n) is 6.91. The van der Waals surface area contributed by atoms with E-state index in [-0.39, 0.29) is 11.7 Å². The van der Waals surface area contributed by atoms with Gasteiger partial charge in [0.15, 0.2) is 0 Å². The number of nitrogens with one attached hydrogen (secondary N) is 2. The lowest BCUT2D eigenvalue weighted by Gasteiger charge is -2.10. The average molecular weight is 286 g/mol. The van der Waals surface area contributed by atoms with Crippen LogP contribution in [0.1, 0.15) is 17.5 Å². The smallest absolute Gasteiger partial charge is 0.226 e. The second-order valence-electron chi connectivity index (χ2n) is 5.05. The van der Waals surface area contributed by atoms with Gasteiger partial charge in [-0.3, -0.25) is 4.79 Å². The van der Waals surface area contributed by atoms with Crippen molar-refractivity contribution in [3.8, 4) is 0 Å². The van der Waals surface area contributed by atoms with Crippen LogP contribution in [-0.4, -0.2) is 12.5 Å². The number of amides is 1. The van der Waals surface area contributed by atoms with Gasteiger partial charge in [0.05, 0.1) is 0 Å². The van der Waals surface area contributed by atoms with Gasteiger partial charge in [0.2, 0.25) is 5.91 Å². The fraction of sp³-hybridized carbons (Fsp3) is 0.235. The number of aryl methyl sites for hydroxylation is 2. The van der Waals surface area contributed by atoms with E-state index in [9.17, 15) is 9.18 Å². The van der Waals surface area contributed by atoms with E-state index in [0.717, 1.165) is 11.3 Å². The Labute approximate surface area is 124 Å². The molecule has 2 rings (SSSR count). The van der Waals surface area contributed by atoms with Crippen molar-refractivity contribution in [3.05, 3.63) is 59.4 Å². The summed E-state index contributed by atoms with van der Waals surface area (Å²) in [6.07, 6.45) is 0.323. The van der Waals surface area contributed by atoms with Gasteiger partial charge in [0.1, 0.15) is 5.82 Å². The third-order valence-electron chi connectivity index (χ3n) is 3.16. The molecule has 21 heavy (non-hydrogen) atoms. The molecule has 0 saturated heterocycles. The van der Waals surface area contributed by atoms with Crippen LogP contribution in [0, 0.1) is 19.7 Å². The van der Waals surface area contributed by atoms with Gasteiger partial charge in [-0.1, -0.05) is 23.8 Å². The number of anilines is 2. The SMILES string of the molecule is Cc1ccc(NC(=O)CCNc2cccc(F)c2)c(C)c1. The van der Waals surface area contributed by atoms with Crippen molar-refractivity contribution in [2.24, 2.45) is 0 Å². The van der Waals surface area contributed by atoms with Gasteiger partial charge in [0, 0.05) is 24.3 Å². The molecule has 0 aliphatic carbocycles. The van der Waals surface area contributed by atoms with E-state index in [2.05, 4.69) is 10.6 Å². The van der Waals surface area contributed by atoms with E-state index < -0.39 is 0 Å². The van der Waals surface area contributed by atoms with Gasteiger partial charge in [-0.05, 0) is 43.7 Å². The van der Waals surface area contributed by atoms with Gasteiger partial charge in [-0.25, -0.2) is 4.39 Å². The minimum atomic E-state index is -0.292. The Kier molecular flexibility index (Phi) is 4.93. The number of carbonyl (C=O) groups excluding carboxylic acids is 1. The molecule has 2 N–H and O–H groups in total. The van der Waals surface area contributed by atoms with Gasteiger partial charge < -0.3 is 10.6 Å². The highest BCUT2D eigenvalue weighted by atomic mass is 19.1. The Bertz CT molecular complexity index is 640. The number of hydrogen-bond donors (Lipinski definition) is 2. The normalized spacial score (nSPS) is 10.2. The van der Waals surface area contributed by atoms with Crippen LogP contribution in [0.5, 0.6) is 0 Å². The van der Waals surface area contributed by atoms with Crippen LogP contribution in [0.2, 0.25) is 0 Å². The molecule has 0 spiro atoms. The number of halogens is 1. The van der Waals surface area contributed by atoms with E-state index in [1.807, 2.05) is 32.0 Å². The molecule has 0 unspecified atom stereocenters. The van der Waals surface area contributed by atoms with Crippen LogP contribution in [0.15, 0.2) is 42.5 Å².